The first-order valence-corrected chi connectivity index (χ1v) is 7.58. The summed E-state index contributed by atoms with van der Waals surface area (Å²) in [5, 5.41) is 2.95. The molecule has 0 bridgehead atoms. The summed E-state index contributed by atoms with van der Waals surface area (Å²) < 4.78 is 5.13. The van der Waals surface area contributed by atoms with Gasteiger partial charge >= 0.3 is 0 Å². The molecule has 2 aromatic heterocycles. The second-order valence-electron chi connectivity index (χ2n) is 5.36. The predicted octanol–water partition coefficient (Wildman–Crippen LogP) is 3.43. The Bertz CT molecular complexity index is 725. The maximum Gasteiger partial charge on any atom is 0.286 e. The van der Waals surface area contributed by atoms with Crippen LogP contribution in [-0.2, 0) is 6.42 Å². The van der Waals surface area contributed by atoms with Gasteiger partial charge in [0.15, 0.2) is 5.76 Å². The van der Waals surface area contributed by atoms with Gasteiger partial charge in [0, 0.05) is 24.9 Å². The van der Waals surface area contributed by atoms with Gasteiger partial charge in [0.25, 0.3) is 5.91 Å². The van der Waals surface area contributed by atoms with Crippen LogP contribution in [0.3, 0.4) is 0 Å². The van der Waals surface area contributed by atoms with Crippen molar-refractivity contribution in [3.05, 3.63) is 90.1 Å². The predicted molar refractivity (Wildman–Crippen MR) is 88.2 cm³/mol. The summed E-state index contributed by atoms with van der Waals surface area (Å²) in [7, 11) is 0. The zero-order valence-electron chi connectivity index (χ0n) is 12.7. The van der Waals surface area contributed by atoms with E-state index in [1.165, 1.54) is 11.8 Å². The number of furan rings is 1. The third kappa shape index (κ3) is 4.07. The van der Waals surface area contributed by atoms with Crippen molar-refractivity contribution >= 4 is 5.91 Å². The minimum atomic E-state index is -0.192. The highest BCUT2D eigenvalue weighted by atomic mass is 16.3. The Kier molecular flexibility index (Phi) is 4.84. The van der Waals surface area contributed by atoms with Crippen LogP contribution in [-0.4, -0.2) is 17.4 Å². The molecule has 1 unspecified atom stereocenters. The average molecular weight is 306 g/mol. The minimum Gasteiger partial charge on any atom is -0.459 e. The number of hydrogen-bond donors (Lipinski definition) is 1. The van der Waals surface area contributed by atoms with E-state index in [-0.39, 0.29) is 11.8 Å². The molecule has 0 saturated heterocycles. The zero-order chi connectivity index (χ0) is 15.9. The van der Waals surface area contributed by atoms with Gasteiger partial charge in [-0.1, -0.05) is 36.4 Å². The second-order valence-corrected chi connectivity index (χ2v) is 5.36. The second kappa shape index (κ2) is 7.40. The van der Waals surface area contributed by atoms with Crippen molar-refractivity contribution in [2.45, 2.75) is 12.3 Å². The molecule has 3 rings (SSSR count). The van der Waals surface area contributed by atoms with Gasteiger partial charge in [0.1, 0.15) is 0 Å². The fourth-order valence-corrected chi connectivity index (χ4v) is 2.55. The van der Waals surface area contributed by atoms with Crippen molar-refractivity contribution in [1.29, 1.82) is 0 Å². The van der Waals surface area contributed by atoms with E-state index in [4.69, 9.17) is 4.42 Å². The summed E-state index contributed by atoms with van der Waals surface area (Å²) in [5.41, 5.74) is 2.34. The molecule has 1 N–H and O–H groups in total. The highest BCUT2D eigenvalue weighted by Gasteiger charge is 2.15. The number of amides is 1. The van der Waals surface area contributed by atoms with E-state index in [0.717, 1.165) is 12.0 Å². The molecule has 2 heterocycles. The Morgan fingerprint density at radius 2 is 1.96 bits per heavy atom. The van der Waals surface area contributed by atoms with Crippen molar-refractivity contribution in [2.24, 2.45) is 0 Å². The number of nitrogens with zero attached hydrogens (tertiary/aromatic N) is 1. The number of carbonyl (C=O) groups is 1. The van der Waals surface area contributed by atoms with E-state index in [9.17, 15) is 4.79 Å². The third-order valence-electron chi connectivity index (χ3n) is 3.73. The molecule has 0 aliphatic rings. The number of benzene rings is 1. The van der Waals surface area contributed by atoms with E-state index in [0.29, 0.717) is 12.3 Å². The lowest BCUT2D eigenvalue weighted by molar-refractivity contribution is 0.0923. The van der Waals surface area contributed by atoms with Gasteiger partial charge in [-0.3, -0.25) is 9.78 Å². The summed E-state index contributed by atoms with van der Waals surface area (Å²) in [5.74, 6) is 0.319. The Morgan fingerprint density at radius 3 is 2.65 bits per heavy atom. The maximum absolute atomic E-state index is 12.1. The lowest BCUT2D eigenvalue weighted by Crippen LogP contribution is -2.29. The van der Waals surface area contributed by atoms with Crippen LogP contribution < -0.4 is 5.32 Å². The first-order valence-electron chi connectivity index (χ1n) is 7.58. The first-order chi connectivity index (χ1) is 11.3. The summed E-state index contributed by atoms with van der Waals surface area (Å²) in [6.07, 6.45) is 5.94. The Balaban J connectivity index is 1.71. The summed E-state index contributed by atoms with van der Waals surface area (Å²) in [6.45, 7) is 0.540. The fraction of sp³-hybridized carbons (Fsp3) is 0.158. The summed E-state index contributed by atoms with van der Waals surface area (Å²) >= 11 is 0. The van der Waals surface area contributed by atoms with Crippen LogP contribution in [0.15, 0.2) is 77.7 Å². The molecule has 0 spiro atoms. The summed E-state index contributed by atoms with van der Waals surface area (Å²) in [4.78, 5) is 16.2. The number of pyridine rings is 1. The van der Waals surface area contributed by atoms with Crippen molar-refractivity contribution in [3.8, 4) is 0 Å². The molecule has 23 heavy (non-hydrogen) atoms. The molecular weight excluding hydrogens is 288 g/mol. The third-order valence-corrected chi connectivity index (χ3v) is 3.73. The van der Waals surface area contributed by atoms with Gasteiger partial charge in [-0.15, -0.1) is 0 Å². The van der Waals surface area contributed by atoms with E-state index in [2.05, 4.69) is 28.5 Å². The van der Waals surface area contributed by atoms with Crippen LogP contribution in [0.2, 0.25) is 0 Å². The Morgan fingerprint density at radius 1 is 1.09 bits per heavy atom. The summed E-state index contributed by atoms with van der Waals surface area (Å²) in [6, 6.07) is 17.5. The topological polar surface area (TPSA) is 55.1 Å². The molecule has 4 nitrogen and oxygen atoms in total. The van der Waals surface area contributed by atoms with Gasteiger partial charge in [-0.25, -0.2) is 0 Å². The fourth-order valence-electron chi connectivity index (χ4n) is 2.55. The number of hydrogen-bond acceptors (Lipinski definition) is 3. The van der Waals surface area contributed by atoms with Crippen molar-refractivity contribution in [2.75, 3.05) is 6.54 Å². The van der Waals surface area contributed by atoms with Crippen LogP contribution in [0.1, 0.15) is 27.6 Å². The quantitative estimate of drug-likeness (QED) is 0.759. The molecule has 1 atom stereocenters. The minimum absolute atomic E-state index is 0.180. The van der Waals surface area contributed by atoms with Crippen molar-refractivity contribution < 1.29 is 9.21 Å². The largest absolute Gasteiger partial charge is 0.459 e. The molecule has 0 saturated carbocycles. The molecule has 116 valence electrons. The monoisotopic (exact) mass is 306 g/mol. The van der Waals surface area contributed by atoms with Crippen LogP contribution in [0.5, 0.6) is 0 Å². The van der Waals surface area contributed by atoms with Crippen LogP contribution >= 0.6 is 0 Å². The molecule has 3 aromatic rings. The van der Waals surface area contributed by atoms with Gasteiger partial charge in [-0.05, 0) is 35.7 Å². The SMILES string of the molecule is O=C(NCC(Cc1cccnc1)c1ccccc1)c1ccco1. The highest BCUT2D eigenvalue weighted by Crippen LogP contribution is 2.20. The van der Waals surface area contributed by atoms with Crippen LogP contribution in [0.25, 0.3) is 0 Å². The lowest BCUT2D eigenvalue weighted by Gasteiger charge is -2.18. The standard InChI is InChI=1S/C19H18N2O2/c22-19(18-9-5-11-23-18)21-14-17(16-7-2-1-3-8-16)12-15-6-4-10-20-13-15/h1-11,13,17H,12,14H2,(H,21,22). The molecule has 0 fully saturated rings. The molecular formula is C19H18N2O2. The van der Waals surface area contributed by atoms with Gasteiger partial charge in [0.05, 0.1) is 6.26 Å². The molecule has 0 aliphatic carbocycles. The van der Waals surface area contributed by atoms with E-state index in [1.807, 2.05) is 30.5 Å². The van der Waals surface area contributed by atoms with E-state index < -0.39 is 0 Å². The number of nitrogens with one attached hydrogen (secondary N) is 1. The molecule has 4 heteroatoms. The Hall–Kier alpha value is -2.88. The van der Waals surface area contributed by atoms with Gasteiger partial charge < -0.3 is 9.73 Å². The lowest BCUT2D eigenvalue weighted by atomic mass is 9.92. The number of rotatable bonds is 6. The average Bonchev–Trinajstić information content (AvgIpc) is 3.15. The first kappa shape index (κ1) is 15.0. The van der Waals surface area contributed by atoms with Crippen molar-refractivity contribution in [3.63, 3.8) is 0 Å². The molecule has 0 radical (unpaired) electrons. The van der Waals surface area contributed by atoms with Crippen LogP contribution in [0.4, 0.5) is 0 Å². The Labute approximate surface area is 135 Å². The number of aromatic nitrogens is 1. The van der Waals surface area contributed by atoms with E-state index in [1.54, 1.807) is 18.3 Å². The molecule has 1 aromatic carbocycles. The number of carbonyl (C=O) groups excluding carboxylic acids is 1. The molecule has 1 amide bonds. The molecule has 0 aliphatic heterocycles. The van der Waals surface area contributed by atoms with E-state index >= 15 is 0 Å². The van der Waals surface area contributed by atoms with Crippen LogP contribution in [0, 0.1) is 0 Å². The highest BCUT2D eigenvalue weighted by molar-refractivity contribution is 5.91. The normalized spacial score (nSPS) is 11.8. The van der Waals surface area contributed by atoms with Gasteiger partial charge in [0.2, 0.25) is 0 Å². The van der Waals surface area contributed by atoms with Crippen molar-refractivity contribution in [1.82, 2.24) is 10.3 Å². The maximum atomic E-state index is 12.1. The smallest absolute Gasteiger partial charge is 0.286 e. The zero-order valence-corrected chi connectivity index (χ0v) is 12.7. The van der Waals surface area contributed by atoms with Gasteiger partial charge in [-0.2, -0.15) is 0 Å².